The summed E-state index contributed by atoms with van der Waals surface area (Å²) >= 11 is 0. The van der Waals surface area contributed by atoms with Gasteiger partial charge in [-0.2, -0.15) is 0 Å². The maximum absolute atomic E-state index is 13.2. The summed E-state index contributed by atoms with van der Waals surface area (Å²) in [4.78, 5) is 18.6. The average molecular weight is 317 g/mol. The Balaban J connectivity index is 1.75. The highest BCUT2D eigenvalue weighted by Gasteiger charge is 2.14. The van der Waals surface area contributed by atoms with E-state index in [-0.39, 0.29) is 5.69 Å². The van der Waals surface area contributed by atoms with Gasteiger partial charge in [-0.1, -0.05) is 0 Å². The fourth-order valence-electron chi connectivity index (χ4n) is 2.65. The quantitative estimate of drug-likeness (QED) is 0.941. The zero-order valence-electron chi connectivity index (χ0n) is 12.6. The number of hydrogen-bond donors (Lipinski definition) is 1. The first-order valence-electron chi connectivity index (χ1n) is 7.60. The second-order valence-electron chi connectivity index (χ2n) is 5.56. The Morgan fingerprint density at radius 3 is 2.57 bits per heavy atom. The lowest BCUT2D eigenvalue weighted by Crippen LogP contribution is -2.29. The number of nitrogens with zero attached hydrogens (tertiary/aromatic N) is 2. The molecule has 2 heterocycles. The average Bonchev–Trinajstić information content (AvgIpc) is 2.59. The van der Waals surface area contributed by atoms with Gasteiger partial charge in [0.25, 0.3) is 5.91 Å². The number of pyridine rings is 1. The van der Waals surface area contributed by atoms with Crippen molar-refractivity contribution in [2.75, 3.05) is 23.3 Å². The Bertz CT molecular complexity index is 715. The summed E-state index contributed by atoms with van der Waals surface area (Å²) in [6.07, 6.45) is 6.68. The van der Waals surface area contributed by atoms with E-state index in [9.17, 15) is 13.6 Å². The summed E-state index contributed by atoms with van der Waals surface area (Å²) in [6.45, 7) is 1.91. The van der Waals surface area contributed by atoms with E-state index < -0.39 is 17.5 Å². The van der Waals surface area contributed by atoms with Gasteiger partial charge in [-0.3, -0.25) is 9.78 Å². The molecule has 120 valence electrons. The first kappa shape index (κ1) is 15.4. The summed E-state index contributed by atoms with van der Waals surface area (Å²) < 4.78 is 26.1. The largest absolute Gasteiger partial charge is 0.370 e. The minimum Gasteiger partial charge on any atom is -0.370 e. The molecule has 6 heteroatoms. The molecule has 23 heavy (non-hydrogen) atoms. The highest BCUT2D eigenvalue weighted by Crippen LogP contribution is 2.20. The SMILES string of the molecule is O=C(Nc1ccc(F)c(F)c1)c1cncc(N2CCCCC2)c1. The van der Waals surface area contributed by atoms with E-state index in [1.807, 2.05) is 0 Å². The molecule has 0 spiro atoms. The summed E-state index contributed by atoms with van der Waals surface area (Å²) in [7, 11) is 0. The molecule has 1 N–H and O–H groups in total. The third kappa shape index (κ3) is 3.64. The van der Waals surface area contributed by atoms with Crippen LogP contribution in [0.4, 0.5) is 20.2 Å². The molecule has 0 saturated carbocycles. The number of amides is 1. The molecule has 2 aromatic rings. The summed E-state index contributed by atoms with van der Waals surface area (Å²) in [5.74, 6) is -2.35. The molecule has 1 amide bonds. The van der Waals surface area contributed by atoms with Gasteiger partial charge in [0.1, 0.15) is 0 Å². The highest BCUT2D eigenvalue weighted by atomic mass is 19.2. The van der Waals surface area contributed by atoms with Gasteiger partial charge in [-0.05, 0) is 37.5 Å². The van der Waals surface area contributed by atoms with Crippen LogP contribution < -0.4 is 10.2 Å². The van der Waals surface area contributed by atoms with E-state index in [2.05, 4.69) is 15.2 Å². The van der Waals surface area contributed by atoms with Crippen LogP contribution in [-0.4, -0.2) is 24.0 Å². The smallest absolute Gasteiger partial charge is 0.257 e. The monoisotopic (exact) mass is 317 g/mol. The minimum atomic E-state index is -0.997. The normalized spacial score (nSPS) is 14.6. The number of rotatable bonds is 3. The maximum Gasteiger partial charge on any atom is 0.257 e. The van der Waals surface area contributed by atoms with Gasteiger partial charge in [-0.25, -0.2) is 8.78 Å². The molecule has 0 atom stereocenters. The molecule has 1 aliphatic heterocycles. The molecule has 0 unspecified atom stereocenters. The lowest BCUT2D eigenvalue weighted by atomic mass is 10.1. The Morgan fingerprint density at radius 1 is 1.04 bits per heavy atom. The molecule has 4 nitrogen and oxygen atoms in total. The summed E-state index contributed by atoms with van der Waals surface area (Å²) in [6, 6.07) is 5.02. The Labute approximate surface area is 133 Å². The van der Waals surface area contributed by atoms with Crippen molar-refractivity contribution in [1.29, 1.82) is 0 Å². The molecule has 1 fully saturated rings. The van der Waals surface area contributed by atoms with Gasteiger partial charge in [0, 0.05) is 31.0 Å². The second-order valence-corrected chi connectivity index (χ2v) is 5.56. The number of benzene rings is 1. The molecule has 0 bridgehead atoms. The Hall–Kier alpha value is -2.50. The van der Waals surface area contributed by atoms with Crippen LogP contribution in [-0.2, 0) is 0 Å². The van der Waals surface area contributed by atoms with Crippen molar-refractivity contribution in [3.8, 4) is 0 Å². The highest BCUT2D eigenvalue weighted by molar-refractivity contribution is 6.04. The van der Waals surface area contributed by atoms with Crippen molar-refractivity contribution in [3.63, 3.8) is 0 Å². The van der Waals surface area contributed by atoms with E-state index in [1.165, 1.54) is 18.7 Å². The van der Waals surface area contributed by atoms with Crippen LogP contribution in [0.25, 0.3) is 0 Å². The van der Waals surface area contributed by atoms with Crippen molar-refractivity contribution in [3.05, 3.63) is 53.9 Å². The van der Waals surface area contributed by atoms with Gasteiger partial charge in [0.05, 0.1) is 17.4 Å². The molecule has 1 aromatic heterocycles. The van der Waals surface area contributed by atoms with Gasteiger partial charge >= 0.3 is 0 Å². The zero-order chi connectivity index (χ0) is 16.2. The lowest BCUT2D eigenvalue weighted by Gasteiger charge is -2.28. The number of hydrogen-bond acceptors (Lipinski definition) is 3. The number of aromatic nitrogens is 1. The summed E-state index contributed by atoms with van der Waals surface area (Å²) in [5.41, 5.74) is 1.50. The first-order chi connectivity index (χ1) is 11.1. The van der Waals surface area contributed by atoms with Crippen LogP contribution in [0.2, 0.25) is 0 Å². The fraction of sp³-hybridized carbons (Fsp3) is 0.294. The number of carbonyl (C=O) groups is 1. The number of anilines is 2. The van der Waals surface area contributed by atoms with Crippen molar-refractivity contribution in [2.45, 2.75) is 19.3 Å². The Morgan fingerprint density at radius 2 is 1.83 bits per heavy atom. The maximum atomic E-state index is 13.2. The van der Waals surface area contributed by atoms with E-state index in [1.54, 1.807) is 12.3 Å². The molecule has 0 aliphatic carbocycles. The van der Waals surface area contributed by atoms with Gasteiger partial charge < -0.3 is 10.2 Å². The van der Waals surface area contributed by atoms with Gasteiger partial charge in [0.15, 0.2) is 11.6 Å². The Kier molecular flexibility index (Phi) is 4.50. The molecule has 1 saturated heterocycles. The number of nitrogens with one attached hydrogen (secondary N) is 1. The molecule has 1 aromatic carbocycles. The van der Waals surface area contributed by atoms with Crippen LogP contribution in [0, 0.1) is 11.6 Å². The lowest BCUT2D eigenvalue weighted by molar-refractivity contribution is 0.102. The van der Waals surface area contributed by atoms with Crippen LogP contribution >= 0.6 is 0 Å². The van der Waals surface area contributed by atoms with Gasteiger partial charge in [0.2, 0.25) is 0 Å². The van der Waals surface area contributed by atoms with Crippen molar-refractivity contribution in [2.24, 2.45) is 0 Å². The summed E-state index contributed by atoms with van der Waals surface area (Å²) in [5, 5.41) is 2.55. The van der Waals surface area contributed by atoms with Crippen LogP contribution in [0.1, 0.15) is 29.6 Å². The van der Waals surface area contributed by atoms with E-state index in [0.29, 0.717) is 5.56 Å². The van der Waals surface area contributed by atoms with Crippen molar-refractivity contribution < 1.29 is 13.6 Å². The van der Waals surface area contributed by atoms with E-state index >= 15 is 0 Å². The fourth-order valence-corrected chi connectivity index (χ4v) is 2.65. The standard InChI is InChI=1S/C17H17F2N3O/c18-15-5-4-13(9-16(15)19)21-17(23)12-8-14(11-20-10-12)22-6-2-1-3-7-22/h4-5,8-11H,1-3,6-7H2,(H,21,23). The second kappa shape index (κ2) is 6.73. The topological polar surface area (TPSA) is 45.2 Å². The van der Waals surface area contributed by atoms with E-state index in [0.717, 1.165) is 43.8 Å². The first-order valence-corrected chi connectivity index (χ1v) is 7.60. The predicted octanol–water partition coefficient (Wildman–Crippen LogP) is 3.60. The molecule has 0 radical (unpaired) electrons. The minimum absolute atomic E-state index is 0.206. The molecular formula is C17H17F2N3O. The third-order valence-electron chi connectivity index (χ3n) is 3.88. The van der Waals surface area contributed by atoms with Crippen LogP contribution in [0.15, 0.2) is 36.7 Å². The number of carbonyl (C=O) groups excluding carboxylic acids is 1. The van der Waals surface area contributed by atoms with Gasteiger partial charge in [-0.15, -0.1) is 0 Å². The molecule has 1 aliphatic rings. The third-order valence-corrected chi connectivity index (χ3v) is 3.88. The van der Waals surface area contributed by atoms with Crippen LogP contribution in [0.5, 0.6) is 0 Å². The van der Waals surface area contributed by atoms with Crippen molar-refractivity contribution >= 4 is 17.3 Å². The van der Waals surface area contributed by atoms with Crippen molar-refractivity contribution in [1.82, 2.24) is 4.98 Å². The zero-order valence-corrected chi connectivity index (χ0v) is 12.6. The molecule has 3 rings (SSSR count). The van der Waals surface area contributed by atoms with Crippen LogP contribution in [0.3, 0.4) is 0 Å². The van der Waals surface area contributed by atoms with E-state index in [4.69, 9.17) is 0 Å². The molecular weight excluding hydrogens is 300 g/mol. The number of piperidine rings is 1. The number of halogens is 2. The predicted molar refractivity (Wildman–Crippen MR) is 84.6 cm³/mol.